The van der Waals surface area contributed by atoms with Gasteiger partial charge in [0.2, 0.25) is 5.95 Å². The largest absolute Gasteiger partial charge is 0.396 e. The smallest absolute Gasteiger partial charge is 0.353 e. The molecule has 0 unspecified atom stereocenters. The Labute approximate surface area is 190 Å². The molecule has 0 saturated heterocycles. The number of fused-ring (bicyclic) bond motifs is 2. The minimum atomic E-state index is -4.21. The van der Waals surface area contributed by atoms with Gasteiger partial charge in [0.25, 0.3) is 5.91 Å². The summed E-state index contributed by atoms with van der Waals surface area (Å²) in [7, 11) is 0. The van der Waals surface area contributed by atoms with Crippen molar-refractivity contribution in [2.75, 3.05) is 18.4 Å². The first kappa shape index (κ1) is 21.9. The number of nitrogens with one attached hydrogen (secondary N) is 2. The molecule has 1 aromatic carbocycles. The fourth-order valence-corrected chi connectivity index (χ4v) is 4.74. The van der Waals surface area contributed by atoms with Crippen LogP contribution in [0.1, 0.15) is 72.3 Å². The lowest BCUT2D eigenvalue weighted by Gasteiger charge is -2.33. The second kappa shape index (κ2) is 7.57. The highest BCUT2D eigenvalue weighted by Crippen LogP contribution is 2.57. The van der Waals surface area contributed by atoms with Crippen molar-refractivity contribution in [2.24, 2.45) is 5.41 Å². The van der Waals surface area contributed by atoms with Gasteiger partial charge in [0.15, 0.2) is 0 Å². The minimum absolute atomic E-state index is 0.0579. The van der Waals surface area contributed by atoms with Crippen LogP contribution in [-0.2, 0) is 11.8 Å². The third-order valence-corrected chi connectivity index (χ3v) is 7.16. The lowest BCUT2D eigenvalue weighted by Crippen LogP contribution is -2.43. The van der Waals surface area contributed by atoms with Gasteiger partial charge in [0.05, 0.1) is 11.1 Å². The van der Waals surface area contributed by atoms with Gasteiger partial charge in [0.1, 0.15) is 0 Å². The fraction of sp³-hybridized carbons (Fsp3) is 0.480. The number of hydrogen-bond donors (Lipinski definition) is 2. The van der Waals surface area contributed by atoms with E-state index < -0.39 is 11.6 Å². The zero-order chi connectivity index (χ0) is 23.4. The number of hydrogen-bond acceptors (Lipinski definition) is 4. The van der Waals surface area contributed by atoms with Crippen LogP contribution in [0.3, 0.4) is 0 Å². The molecule has 33 heavy (non-hydrogen) atoms. The van der Waals surface area contributed by atoms with E-state index >= 15 is 0 Å². The zero-order valence-electron chi connectivity index (χ0n) is 18.8. The van der Waals surface area contributed by atoms with Crippen LogP contribution in [0.2, 0.25) is 0 Å². The van der Waals surface area contributed by atoms with E-state index in [0.717, 1.165) is 47.2 Å². The Morgan fingerprint density at radius 3 is 2.70 bits per heavy atom. The van der Waals surface area contributed by atoms with E-state index in [1.165, 1.54) is 0 Å². The summed E-state index contributed by atoms with van der Waals surface area (Å²) >= 11 is 0. The molecule has 5 nitrogen and oxygen atoms in total. The molecule has 174 valence electrons. The molecule has 2 aromatic rings. The maximum Gasteiger partial charge on any atom is 0.396 e. The molecule has 5 rings (SSSR count). The summed E-state index contributed by atoms with van der Waals surface area (Å²) in [6, 6.07) is 5.91. The number of rotatable bonds is 4. The summed E-state index contributed by atoms with van der Waals surface area (Å²) in [5.41, 5.74) is 3.61. The summed E-state index contributed by atoms with van der Waals surface area (Å²) in [6.07, 6.45) is 2.47. The van der Waals surface area contributed by atoms with E-state index in [1.54, 1.807) is 6.20 Å². The molecule has 2 aliphatic carbocycles. The van der Waals surface area contributed by atoms with E-state index in [1.807, 2.05) is 12.1 Å². The highest BCUT2D eigenvalue weighted by molar-refractivity contribution is 5.98. The topological polar surface area (TPSA) is 66.9 Å². The summed E-state index contributed by atoms with van der Waals surface area (Å²) in [5, 5.41) is 5.77. The van der Waals surface area contributed by atoms with Gasteiger partial charge in [-0.1, -0.05) is 26.0 Å². The number of benzene rings is 1. The summed E-state index contributed by atoms with van der Waals surface area (Å²) < 4.78 is 39.8. The number of carbonyl (C=O) groups is 1. The molecule has 1 aromatic heterocycles. The Morgan fingerprint density at radius 2 is 1.97 bits per heavy atom. The molecule has 0 spiro atoms. The summed E-state index contributed by atoms with van der Waals surface area (Å²) in [5.74, 6) is 0.186. The number of allylic oxidation sites excluding steroid dienone is 1. The first-order chi connectivity index (χ1) is 15.6. The Hall–Kier alpha value is -2.90. The molecule has 0 bridgehead atoms. The predicted octanol–water partition coefficient (Wildman–Crippen LogP) is 5.02. The standard InChI is InChI=1S/C25H27F3N4O/c1-23(2)13-30-21(33)17-8-7-15(11-19(17)23)16-5-3-4-6-20-18(16)12-29-22(32-20)31-14-24(9-10-24)25(26,27)28/h5,7-8,11-12H,3-4,6,9-10,13-14H2,1-2H3,(H,30,33)(H,29,31,32). The molecule has 0 atom stereocenters. The quantitative estimate of drug-likeness (QED) is 0.678. The Morgan fingerprint density at radius 1 is 1.18 bits per heavy atom. The average Bonchev–Trinajstić information content (AvgIpc) is 3.59. The number of carbonyl (C=O) groups excluding carboxylic acids is 1. The molecule has 1 saturated carbocycles. The third kappa shape index (κ3) is 3.89. The molecule has 1 fully saturated rings. The molecular weight excluding hydrogens is 429 g/mol. The van der Waals surface area contributed by atoms with Gasteiger partial charge in [0, 0.05) is 35.8 Å². The maximum atomic E-state index is 13.3. The molecule has 8 heteroatoms. The zero-order valence-corrected chi connectivity index (χ0v) is 18.8. The molecular formula is C25H27F3N4O. The summed E-state index contributed by atoms with van der Waals surface area (Å²) in [4.78, 5) is 21.3. The van der Waals surface area contributed by atoms with Gasteiger partial charge in [-0.3, -0.25) is 4.79 Å². The highest BCUT2D eigenvalue weighted by atomic mass is 19.4. The molecule has 2 N–H and O–H groups in total. The van der Waals surface area contributed by atoms with Crippen molar-refractivity contribution < 1.29 is 18.0 Å². The van der Waals surface area contributed by atoms with Crippen LogP contribution in [-0.4, -0.2) is 35.1 Å². The highest BCUT2D eigenvalue weighted by Gasteiger charge is 2.63. The SMILES string of the molecule is CC1(C)CNC(=O)c2ccc(C3=CCCCc4nc(NCC5(C(F)(F)F)CC5)ncc43)cc21. The van der Waals surface area contributed by atoms with Crippen molar-refractivity contribution in [2.45, 2.75) is 57.5 Å². The number of alkyl halides is 3. The van der Waals surface area contributed by atoms with Crippen molar-refractivity contribution in [3.05, 3.63) is 58.4 Å². The first-order valence-electron chi connectivity index (χ1n) is 11.4. The normalized spacial score (nSPS) is 20.6. The molecule has 2 heterocycles. The number of amides is 1. The second-order valence-electron chi connectivity index (χ2n) is 10.0. The number of aryl methyl sites for hydroxylation is 1. The number of aromatic nitrogens is 2. The Balaban J connectivity index is 1.45. The number of halogens is 3. The van der Waals surface area contributed by atoms with Gasteiger partial charge >= 0.3 is 6.18 Å². The van der Waals surface area contributed by atoms with Gasteiger partial charge < -0.3 is 10.6 Å². The van der Waals surface area contributed by atoms with E-state index in [0.29, 0.717) is 12.1 Å². The van der Waals surface area contributed by atoms with E-state index in [2.05, 4.69) is 46.6 Å². The van der Waals surface area contributed by atoms with E-state index in [9.17, 15) is 18.0 Å². The van der Waals surface area contributed by atoms with Crippen LogP contribution in [0, 0.1) is 5.41 Å². The van der Waals surface area contributed by atoms with E-state index in [4.69, 9.17) is 0 Å². The monoisotopic (exact) mass is 456 g/mol. The second-order valence-corrected chi connectivity index (χ2v) is 10.0. The molecule has 3 aliphatic rings. The van der Waals surface area contributed by atoms with Crippen LogP contribution < -0.4 is 10.6 Å². The van der Waals surface area contributed by atoms with Crippen LogP contribution >= 0.6 is 0 Å². The van der Waals surface area contributed by atoms with Crippen LogP contribution in [0.25, 0.3) is 5.57 Å². The van der Waals surface area contributed by atoms with Crippen LogP contribution in [0.15, 0.2) is 30.5 Å². The van der Waals surface area contributed by atoms with Crippen molar-refractivity contribution >= 4 is 17.4 Å². The molecule has 1 amide bonds. The average molecular weight is 457 g/mol. The van der Waals surface area contributed by atoms with Crippen molar-refractivity contribution in [3.8, 4) is 0 Å². The lowest BCUT2D eigenvalue weighted by molar-refractivity contribution is -0.182. The Bertz CT molecular complexity index is 1150. The maximum absolute atomic E-state index is 13.3. The van der Waals surface area contributed by atoms with Crippen molar-refractivity contribution in [1.82, 2.24) is 15.3 Å². The molecule has 1 aliphatic heterocycles. The lowest BCUT2D eigenvalue weighted by atomic mass is 9.77. The van der Waals surface area contributed by atoms with Gasteiger partial charge in [-0.05, 0) is 60.9 Å². The Kier molecular flexibility index (Phi) is 5.03. The van der Waals surface area contributed by atoms with Gasteiger partial charge in [-0.25, -0.2) is 9.97 Å². The third-order valence-electron chi connectivity index (χ3n) is 7.16. The van der Waals surface area contributed by atoms with Gasteiger partial charge in [-0.15, -0.1) is 0 Å². The minimum Gasteiger partial charge on any atom is -0.353 e. The summed E-state index contributed by atoms with van der Waals surface area (Å²) in [6.45, 7) is 4.60. The fourth-order valence-electron chi connectivity index (χ4n) is 4.74. The van der Waals surface area contributed by atoms with Crippen molar-refractivity contribution in [3.63, 3.8) is 0 Å². The van der Waals surface area contributed by atoms with Crippen LogP contribution in [0.5, 0.6) is 0 Å². The van der Waals surface area contributed by atoms with Crippen molar-refractivity contribution in [1.29, 1.82) is 0 Å². The van der Waals surface area contributed by atoms with Gasteiger partial charge in [-0.2, -0.15) is 13.2 Å². The number of anilines is 1. The molecule has 0 radical (unpaired) electrons. The van der Waals surface area contributed by atoms with E-state index in [-0.39, 0.29) is 36.7 Å². The van der Waals surface area contributed by atoms with Crippen LogP contribution in [0.4, 0.5) is 19.1 Å². The first-order valence-corrected chi connectivity index (χ1v) is 11.4. The predicted molar refractivity (Wildman–Crippen MR) is 120 cm³/mol. The number of nitrogens with zero attached hydrogens (tertiary/aromatic N) is 2.